The molecule has 2 N–H and O–H groups in total. The van der Waals surface area contributed by atoms with E-state index in [9.17, 15) is 27.3 Å². The summed E-state index contributed by atoms with van der Waals surface area (Å²) in [5.41, 5.74) is -2.06. The number of alkyl halides is 2. The van der Waals surface area contributed by atoms with Crippen LogP contribution in [0.2, 0.25) is 0 Å². The Balaban J connectivity index is 3.79. The number of nitro groups is 1. The van der Waals surface area contributed by atoms with Crippen molar-refractivity contribution in [1.82, 2.24) is 4.98 Å². The topological polar surface area (TPSA) is 125 Å². The molecule has 11 heteroatoms. The van der Waals surface area contributed by atoms with Gasteiger partial charge < -0.3 is 4.74 Å². The van der Waals surface area contributed by atoms with Gasteiger partial charge in [0.1, 0.15) is 6.20 Å². The highest BCUT2D eigenvalue weighted by molar-refractivity contribution is 7.89. The van der Waals surface area contributed by atoms with Gasteiger partial charge in [0.2, 0.25) is 14.9 Å². The Bertz CT molecular complexity index is 589. The van der Waals surface area contributed by atoms with E-state index in [2.05, 4.69) is 9.72 Å². The third-order valence-electron chi connectivity index (χ3n) is 1.89. The van der Waals surface area contributed by atoms with E-state index >= 15 is 0 Å². The molecule has 1 aromatic rings. The molecule has 1 heterocycles. The fraction of sp³-hybridized carbons (Fsp3) is 0.286. The molecule has 0 aromatic carbocycles. The number of sulfonamides is 1. The van der Waals surface area contributed by atoms with E-state index in [-0.39, 0.29) is 0 Å². The smallest absolute Gasteiger partial charge is 0.311 e. The molecule has 0 saturated heterocycles. The number of nitrogens with two attached hydrogens (primary N) is 1. The fourth-order valence-corrected chi connectivity index (χ4v) is 2.10. The van der Waals surface area contributed by atoms with Crippen molar-refractivity contribution in [2.75, 3.05) is 7.11 Å². The third kappa shape index (κ3) is 2.51. The molecule has 1 aromatic heterocycles. The molecule has 0 aliphatic carbocycles. The van der Waals surface area contributed by atoms with E-state index < -0.39 is 43.4 Å². The molecule has 1 rings (SSSR count). The molecule has 0 unspecified atom stereocenters. The van der Waals surface area contributed by atoms with Crippen molar-refractivity contribution in [2.24, 2.45) is 5.14 Å². The summed E-state index contributed by atoms with van der Waals surface area (Å²) in [6, 6.07) is 0. The first-order chi connectivity index (χ1) is 8.20. The Hall–Kier alpha value is -1.88. The van der Waals surface area contributed by atoms with Crippen LogP contribution in [0.5, 0.6) is 5.75 Å². The van der Waals surface area contributed by atoms with E-state index in [1.807, 2.05) is 0 Å². The summed E-state index contributed by atoms with van der Waals surface area (Å²) in [7, 11) is -3.74. The van der Waals surface area contributed by atoms with Gasteiger partial charge in [-0.25, -0.2) is 27.3 Å². The summed E-state index contributed by atoms with van der Waals surface area (Å²) < 4.78 is 52.1. The Labute approximate surface area is 99.6 Å². The van der Waals surface area contributed by atoms with Gasteiger partial charge in [-0.3, -0.25) is 10.1 Å². The van der Waals surface area contributed by atoms with E-state index in [1.165, 1.54) is 0 Å². The number of nitrogens with zero attached hydrogens (tertiary/aromatic N) is 2. The molecule has 8 nitrogen and oxygen atoms in total. The van der Waals surface area contributed by atoms with Gasteiger partial charge in [-0.05, 0) is 0 Å². The fourth-order valence-electron chi connectivity index (χ4n) is 1.24. The Morgan fingerprint density at radius 1 is 1.56 bits per heavy atom. The highest BCUT2D eigenvalue weighted by atomic mass is 32.2. The molecule has 100 valence electrons. The molecule has 0 saturated carbocycles. The van der Waals surface area contributed by atoms with Crippen molar-refractivity contribution < 1.29 is 26.9 Å². The molecule has 0 atom stereocenters. The molecule has 0 fully saturated rings. The summed E-state index contributed by atoms with van der Waals surface area (Å²) in [5.74, 6) is -0.929. The molecule has 0 spiro atoms. The number of primary sulfonamides is 1. The number of aromatic nitrogens is 1. The summed E-state index contributed by atoms with van der Waals surface area (Å²) >= 11 is 0. The predicted molar refractivity (Wildman–Crippen MR) is 53.8 cm³/mol. The zero-order valence-corrected chi connectivity index (χ0v) is 9.65. The standard InChI is InChI=1S/C7H7F2N3O5S/c1-17-5-4(7(8)9)11-2-3(12(13)14)6(5)18(10,15)16/h2,7H,1H3,(H2,10,15,16). The highest BCUT2D eigenvalue weighted by Gasteiger charge is 2.33. The van der Waals surface area contributed by atoms with Gasteiger partial charge in [-0.15, -0.1) is 0 Å². The van der Waals surface area contributed by atoms with Crippen molar-refractivity contribution >= 4 is 15.7 Å². The van der Waals surface area contributed by atoms with E-state index in [4.69, 9.17) is 5.14 Å². The van der Waals surface area contributed by atoms with E-state index in [0.717, 1.165) is 7.11 Å². The number of hydrogen-bond donors (Lipinski definition) is 1. The van der Waals surface area contributed by atoms with E-state index in [1.54, 1.807) is 0 Å². The van der Waals surface area contributed by atoms with Crippen molar-refractivity contribution in [2.45, 2.75) is 11.3 Å². The second-order valence-corrected chi connectivity index (χ2v) is 4.49. The molecule has 0 radical (unpaired) electrons. The maximum atomic E-state index is 12.6. The van der Waals surface area contributed by atoms with Crippen LogP contribution in [0.15, 0.2) is 11.1 Å². The van der Waals surface area contributed by atoms with Crippen LogP contribution in [-0.2, 0) is 10.0 Å². The van der Waals surface area contributed by atoms with Gasteiger partial charge in [0.05, 0.1) is 12.0 Å². The van der Waals surface area contributed by atoms with Crippen LogP contribution in [0.25, 0.3) is 0 Å². The monoisotopic (exact) mass is 283 g/mol. The van der Waals surface area contributed by atoms with Crippen molar-refractivity contribution in [1.29, 1.82) is 0 Å². The lowest BCUT2D eigenvalue weighted by Crippen LogP contribution is -2.17. The van der Waals surface area contributed by atoms with Crippen LogP contribution >= 0.6 is 0 Å². The van der Waals surface area contributed by atoms with Gasteiger partial charge >= 0.3 is 5.69 Å². The zero-order valence-electron chi connectivity index (χ0n) is 8.83. The third-order valence-corrected chi connectivity index (χ3v) is 2.85. The molecule has 0 aliphatic heterocycles. The van der Waals surface area contributed by atoms with Crippen LogP contribution in [0.3, 0.4) is 0 Å². The lowest BCUT2D eigenvalue weighted by Gasteiger charge is -2.10. The average molecular weight is 283 g/mol. The predicted octanol–water partition coefficient (Wildman–Crippen LogP) is 0.583. The number of pyridine rings is 1. The lowest BCUT2D eigenvalue weighted by molar-refractivity contribution is -0.388. The maximum absolute atomic E-state index is 12.6. The average Bonchev–Trinajstić information content (AvgIpc) is 2.25. The number of halogens is 2. The molecular formula is C7H7F2N3O5S. The number of methoxy groups -OCH3 is 1. The van der Waals surface area contributed by atoms with Crippen LogP contribution < -0.4 is 9.88 Å². The van der Waals surface area contributed by atoms with Crippen LogP contribution in [0, 0.1) is 10.1 Å². The first-order valence-corrected chi connectivity index (χ1v) is 5.77. The summed E-state index contributed by atoms with van der Waals surface area (Å²) in [6.07, 6.45) is -2.77. The minimum atomic E-state index is -4.62. The summed E-state index contributed by atoms with van der Waals surface area (Å²) in [5, 5.41) is 15.4. The quantitative estimate of drug-likeness (QED) is 0.636. The minimum Gasteiger partial charge on any atom is -0.493 e. The van der Waals surface area contributed by atoms with Crippen LogP contribution in [-0.4, -0.2) is 25.4 Å². The van der Waals surface area contributed by atoms with Crippen LogP contribution in [0.1, 0.15) is 12.1 Å². The maximum Gasteiger partial charge on any atom is 0.311 e. The van der Waals surface area contributed by atoms with Gasteiger partial charge in [0.15, 0.2) is 11.4 Å². The van der Waals surface area contributed by atoms with Gasteiger partial charge in [0, 0.05) is 0 Å². The molecule has 0 bridgehead atoms. The largest absolute Gasteiger partial charge is 0.493 e. The zero-order chi connectivity index (χ0) is 14.1. The number of ether oxygens (including phenoxy) is 1. The van der Waals surface area contributed by atoms with Gasteiger partial charge in [0.25, 0.3) is 6.43 Å². The first kappa shape index (κ1) is 14.2. The lowest BCUT2D eigenvalue weighted by atomic mass is 10.3. The Morgan fingerprint density at radius 2 is 2.11 bits per heavy atom. The molecule has 18 heavy (non-hydrogen) atoms. The SMILES string of the molecule is COc1c(C(F)F)ncc([N+](=O)[O-])c1S(N)(=O)=O. The molecular weight excluding hydrogens is 276 g/mol. The van der Waals surface area contributed by atoms with Gasteiger partial charge in [-0.1, -0.05) is 0 Å². The van der Waals surface area contributed by atoms with Crippen molar-refractivity contribution in [3.8, 4) is 5.75 Å². The Morgan fingerprint density at radius 3 is 2.44 bits per heavy atom. The number of hydrogen-bond acceptors (Lipinski definition) is 6. The normalized spacial score (nSPS) is 11.6. The van der Waals surface area contributed by atoms with E-state index in [0.29, 0.717) is 6.20 Å². The second-order valence-electron chi connectivity index (χ2n) is 2.99. The first-order valence-electron chi connectivity index (χ1n) is 4.22. The van der Waals surface area contributed by atoms with Crippen LogP contribution in [0.4, 0.5) is 14.5 Å². The highest BCUT2D eigenvalue weighted by Crippen LogP contribution is 2.37. The second kappa shape index (κ2) is 4.78. The molecule has 0 amide bonds. The summed E-state index contributed by atoms with van der Waals surface area (Å²) in [6.45, 7) is 0. The number of rotatable bonds is 4. The Kier molecular flexibility index (Phi) is 3.76. The van der Waals surface area contributed by atoms with Gasteiger partial charge in [-0.2, -0.15) is 0 Å². The van der Waals surface area contributed by atoms with Crippen molar-refractivity contribution in [3.05, 3.63) is 22.0 Å². The minimum absolute atomic E-state index is 0.393. The van der Waals surface area contributed by atoms with Crippen molar-refractivity contribution in [3.63, 3.8) is 0 Å². The molecule has 0 aliphatic rings. The summed E-state index contributed by atoms with van der Waals surface area (Å²) in [4.78, 5) is 11.5.